The number of hydrogen-bond acceptors (Lipinski definition) is 5. The van der Waals surface area contributed by atoms with E-state index in [1.165, 1.54) is 6.26 Å². The molecule has 1 aromatic rings. The molecule has 1 aliphatic rings. The molecule has 2 atom stereocenters. The standard InChI is InChI=1S/C15H27N3O3S/c1-11-13(12(2)18(16-11)8-9-19)10-17(3)14-6-5-7-15(14)22(4,20)21/h14-15,19H,5-10H2,1-4H3. The Balaban J connectivity index is 2.17. The molecule has 2 unspecified atom stereocenters. The number of hydrogen-bond donors (Lipinski definition) is 1. The first-order valence-corrected chi connectivity index (χ1v) is 9.74. The molecule has 22 heavy (non-hydrogen) atoms. The fraction of sp³-hybridized carbons (Fsp3) is 0.800. The highest BCUT2D eigenvalue weighted by Gasteiger charge is 2.37. The normalized spacial score (nSPS) is 22.6. The maximum absolute atomic E-state index is 12.0. The lowest BCUT2D eigenvalue weighted by Gasteiger charge is -2.28. The zero-order valence-corrected chi connectivity index (χ0v) is 14.7. The van der Waals surface area contributed by atoms with E-state index < -0.39 is 9.84 Å². The molecule has 126 valence electrons. The van der Waals surface area contributed by atoms with Crippen LogP contribution in [0.3, 0.4) is 0 Å². The summed E-state index contributed by atoms with van der Waals surface area (Å²) in [6.45, 7) is 5.22. The summed E-state index contributed by atoms with van der Waals surface area (Å²) in [5.41, 5.74) is 3.13. The van der Waals surface area contributed by atoms with Gasteiger partial charge in [0.15, 0.2) is 9.84 Å². The quantitative estimate of drug-likeness (QED) is 0.839. The number of aliphatic hydroxyl groups excluding tert-OH is 1. The second kappa shape index (κ2) is 6.68. The third-order valence-corrected chi connectivity index (χ3v) is 6.43. The van der Waals surface area contributed by atoms with E-state index in [0.717, 1.165) is 36.2 Å². The van der Waals surface area contributed by atoms with Crippen molar-refractivity contribution in [1.82, 2.24) is 14.7 Å². The Morgan fingerprint density at radius 1 is 1.36 bits per heavy atom. The molecule has 0 aromatic carbocycles. The van der Waals surface area contributed by atoms with Crippen molar-refractivity contribution >= 4 is 9.84 Å². The average Bonchev–Trinajstić information content (AvgIpc) is 3.00. The SMILES string of the molecule is Cc1nn(CCO)c(C)c1CN(C)C1CCCC1S(C)(=O)=O. The number of rotatable bonds is 6. The molecule has 0 radical (unpaired) electrons. The summed E-state index contributed by atoms with van der Waals surface area (Å²) in [7, 11) is -1.01. The van der Waals surface area contributed by atoms with Gasteiger partial charge in [0, 0.05) is 30.1 Å². The van der Waals surface area contributed by atoms with E-state index in [-0.39, 0.29) is 17.9 Å². The van der Waals surface area contributed by atoms with Crippen molar-refractivity contribution < 1.29 is 13.5 Å². The monoisotopic (exact) mass is 329 g/mol. The lowest BCUT2D eigenvalue weighted by molar-refractivity contribution is 0.237. The van der Waals surface area contributed by atoms with Crippen LogP contribution in [0.15, 0.2) is 0 Å². The Morgan fingerprint density at radius 2 is 2.05 bits per heavy atom. The largest absolute Gasteiger partial charge is 0.394 e. The maximum atomic E-state index is 12.0. The van der Waals surface area contributed by atoms with Crippen LogP contribution in [0.1, 0.15) is 36.2 Å². The Kier molecular flexibility index (Phi) is 5.29. The topological polar surface area (TPSA) is 75.4 Å². The van der Waals surface area contributed by atoms with Gasteiger partial charge in [-0.1, -0.05) is 6.42 Å². The molecule has 7 heteroatoms. The summed E-state index contributed by atoms with van der Waals surface area (Å²) in [4.78, 5) is 2.15. The van der Waals surface area contributed by atoms with Crippen molar-refractivity contribution in [2.45, 2.75) is 57.5 Å². The summed E-state index contributed by atoms with van der Waals surface area (Å²) < 4.78 is 25.7. The van der Waals surface area contributed by atoms with Gasteiger partial charge in [-0.15, -0.1) is 0 Å². The van der Waals surface area contributed by atoms with Crippen molar-refractivity contribution in [3.63, 3.8) is 0 Å². The van der Waals surface area contributed by atoms with Gasteiger partial charge in [0.25, 0.3) is 0 Å². The first kappa shape index (κ1) is 17.4. The Bertz CT molecular complexity index is 624. The van der Waals surface area contributed by atoms with Gasteiger partial charge in [-0.25, -0.2) is 8.42 Å². The predicted octanol–water partition coefficient (Wildman–Crippen LogP) is 0.890. The first-order chi connectivity index (χ1) is 10.3. The molecule has 1 aromatic heterocycles. The van der Waals surface area contributed by atoms with Gasteiger partial charge < -0.3 is 5.11 Å². The van der Waals surface area contributed by atoms with Crippen LogP contribution in [0.4, 0.5) is 0 Å². The zero-order valence-electron chi connectivity index (χ0n) is 13.9. The molecule has 0 spiro atoms. The molecule has 0 saturated heterocycles. The van der Waals surface area contributed by atoms with Crippen LogP contribution in [0.25, 0.3) is 0 Å². The minimum Gasteiger partial charge on any atom is -0.394 e. The van der Waals surface area contributed by atoms with Crippen molar-refractivity contribution in [2.24, 2.45) is 0 Å². The van der Waals surface area contributed by atoms with E-state index in [9.17, 15) is 8.42 Å². The van der Waals surface area contributed by atoms with E-state index in [4.69, 9.17) is 5.11 Å². The van der Waals surface area contributed by atoms with Gasteiger partial charge in [0.1, 0.15) is 0 Å². The Morgan fingerprint density at radius 3 is 2.64 bits per heavy atom. The second-order valence-electron chi connectivity index (χ2n) is 6.38. The Labute approximate surface area is 133 Å². The molecule has 1 N–H and O–H groups in total. The molecular formula is C15H27N3O3S. The minimum atomic E-state index is -3.01. The van der Waals surface area contributed by atoms with Gasteiger partial charge in [-0.05, 0) is 33.7 Å². The summed E-state index contributed by atoms with van der Waals surface area (Å²) in [6, 6.07) is 0.0787. The lowest BCUT2D eigenvalue weighted by atomic mass is 10.1. The number of aliphatic hydroxyl groups is 1. The molecule has 1 aliphatic carbocycles. The van der Waals surface area contributed by atoms with Crippen LogP contribution in [0.5, 0.6) is 0 Å². The number of aromatic nitrogens is 2. The van der Waals surface area contributed by atoms with Crippen LogP contribution >= 0.6 is 0 Å². The van der Waals surface area contributed by atoms with Crippen LogP contribution < -0.4 is 0 Å². The second-order valence-corrected chi connectivity index (χ2v) is 8.64. The van der Waals surface area contributed by atoms with Crippen LogP contribution in [-0.2, 0) is 22.9 Å². The van der Waals surface area contributed by atoms with Crippen LogP contribution in [0.2, 0.25) is 0 Å². The minimum absolute atomic E-state index is 0.0655. The highest BCUT2D eigenvalue weighted by atomic mass is 32.2. The zero-order chi connectivity index (χ0) is 16.5. The van der Waals surface area contributed by atoms with Crippen LogP contribution in [0, 0.1) is 13.8 Å². The number of sulfone groups is 1. The van der Waals surface area contributed by atoms with Crippen molar-refractivity contribution in [3.05, 3.63) is 17.0 Å². The summed E-state index contributed by atoms with van der Waals surface area (Å²) in [5.74, 6) is 0. The molecule has 6 nitrogen and oxygen atoms in total. The summed E-state index contributed by atoms with van der Waals surface area (Å²) in [6.07, 6.45) is 4.00. The Hall–Kier alpha value is -0.920. The fourth-order valence-electron chi connectivity index (χ4n) is 3.55. The van der Waals surface area contributed by atoms with E-state index >= 15 is 0 Å². The van der Waals surface area contributed by atoms with Crippen molar-refractivity contribution in [3.8, 4) is 0 Å². The van der Waals surface area contributed by atoms with Crippen molar-refractivity contribution in [1.29, 1.82) is 0 Å². The molecule has 2 rings (SSSR count). The molecule has 0 bridgehead atoms. The number of nitrogens with zero attached hydrogens (tertiary/aromatic N) is 3. The van der Waals surface area contributed by atoms with Gasteiger partial charge in [-0.2, -0.15) is 5.10 Å². The third-order valence-electron chi connectivity index (χ3n) is 4.78. The molecular weight excluding hydrogens is 302 g/mol. The van der Waals surface area contributed by atoms with Crippen LogP contribution in [-0.4, -0.2) is 59.4 Å². The van der Waals surface area contributed by atoms with E-state index in [1.54, 1.807) is 0 Å². The van der Waals surface area contributed by atoms with Gasteiger partial charge >= 0.3 is 0 Å². The first-order valence-electron chi connectivity index (χ1n) is 7.78. The van der Waals surface area contributed by atoms with E-state index in [1.807, 2.05) is 25.6 Å². The molecule has 1 fully saturated rings. The summed E-state index contributed by atoms with van der Waals surface area (Å²) in [5, 5.41) is 13.3. The molecule has 1 saturated carbocycles. The van der Waals surface area contributed by atoms with E-state index in [0.29, 0.717) is 13.1 Å². The maximum Gasteiger partial charge on any atom is 0.151 e. The average molecular weight is 329 g/mol. The van der Waals surface area contributed by atoms with Gasteiger partial charge in [0.2, 0.25) is 0 Å². The van der Waals surface area contributed by atoms with Crippen molar-refractivity contribution in [2.75, 3.05) is 19.9 Å². The summed E-state index contributed by atoms with van der Waals surface area (Å²) >= 11 is 0. The fourth-order valence-corrected chi connectivity index (χ4v) is 5.06. The lowest BCUT2D eigenvalue weighted by Crippen LogP contribution is -2.41. The highest BCUT2D eigenvalue weighted by molar-refractivity contribution is 7.91. The van der Waals surface area contributed by atoms with Gasteiger partial charge in [-0.3, -0.25) is 9.58 Å². The highest BCUT2D eigenvalue weighted by Crippen LogP contribution is 2.30. The predicted molar refractivity (Wildman–Crippen MR) is 86.5 cm³/mol. The van der Waals surface area contributed by atoms with Gasteiger partial charge in [0.05, 0.1) is 24.1 Å². The molecule has 0 aliphatic heterocycles. The smallest absolute Gasteiger partial charge is 0.151 e. The molecule has 1 heterocycles. The van der Waals surface area contributed by atoms with E-state index in [2.05, 4.69) is 10.00 Å². The number of aryl methyl sites for hydroxylation is 1. The third kappa shape index (κ3) is 3.52. The molecule has 0 amide bonds.